The highest BCUT2D eigenvalue weighted by atomic mass is 35.5. The van der Waals surface area contributed by atoms with E-state index in [1.54, 1.807) is 12.1 Å². The number of benzene rings is 2. The lowest BCUT2D eigenvalue weighted by Crippen LogP contribution is -2.43. The number of nitrogens with one attached hydrogen (secondary N) is 1. The summed E-state index contributed by atoms with van der Waals surface area (Å²) >= 11 is 6.09. The number of carbonyl (C=O) groups is 1. The van der Waals surface area contributed by atoms with Crippen LogP contribution in [-0.4, -0.2) is 46.7 Å². The molecule has 1 saturated heterocycles. The maximum Gasteiger partial charge on any atom is 0.240 e. The number of nitrogens with zero attached hydrogens (tertiary/aromatic N) is 2. The van der Waals surface area contributed by atoms with Gasteiger partial charge in [-0.2, -0.15) is 0 Å². The summed E-state index contributed by atoms with van der Waals surface area (Å²) in [5.41, 5.74) is 2.50. The molecule has 0 unspecified atom stereocenters. The van der Waals surface area contributed by atoms with Gasteiger partial charge in [0.25, 0.3) is 0 Å². The molecule has 0 atom stereocenters. The second kappa shape index (κ2) is 10.8. The molecular weight excluding hydrogens is 477 g/mol. The van der Waals surface area contributed by atoms with E-state index in [1.807, 2.05) is 42.7 Å². The van der Waals surface area contributed by atoms with E-state index in [4.69, 9.17) is 16.3 Å². The number of likely N-dealkylation sites (tertiary alicyclic amines) is 1. The Hall–Kier alpha value is -2.57. The van der Waals surface area contributed by atoms with Crippen molar-refractivity contribution in [3.63, 3.8) is 0 Å². The molecular formula is C29H35ClFN3O2. The Morgan fingerprint density at radius 3 is 2.53 bits per heavy atom. The van der Waals surface area contributed by atoms with Crippen molar-refractivity contribution in [3.05, 3.63) is 53.3 Å². The molecule has 0 bridgehead atoms. The van der Waals surface area contributed by atoms with Gasteiger partial charge >= 0.3 is 0 Å². The van der Waals surface area contributed by atoms with Crippen molar-refractivity contribution in [2.75, 3.05) is 13.1 Å². The number of carbonyl (C=O) groups excluding carboxylic acids is 1. The monoisotopic (exact) mass is 511 g/mol. The lowest BCUT2D eigenvalue weighted by Gasteiger charge is -2.36. The van der Waals surface area contributed by atoms with Crippen molar-refractivity contribution in [1.82, 2.24) is 14.8 Å². The smallest absolute Gasteiger partial charge is 0.240 e. The van der Waals surface area contributed by atoms with Gasteiger partial charge in [0.15, 0.2) is 0 Å². The van der Waals surface area contributed by atoms with Gasteiger partial charge in [0.05, 0.1) is 5.02 Å². The lowest BCUT2D eigenvalue weighted by molar-refractivity contribution is -0.122. The molecule has 0 radical (unpaired) electrons. The molecule has 1 N–H and O–H groups in total. The molecule has 1 aliphatic carbocycles. The van der Waals surface area contributed by atoms with Crippen molar-refractivity contribution in [2.24, 2.45) is 0 Å². The number of piperidine rings is 1. The lowest BCUT2D eigenvalue weighted by atomic mass is 10.0. The van der Waals surface area contributed by atoms with Crippen LogP contribution in [0, 0.1) is 5.82 Å². The molecule has 5 rings (SSSR count). The van der Waals surface area contributed by atoms with E-state index in [9.17, 15) is 9.18 Å². The second-order valence-electron chi connectivity index (χ2n) is 10.5. The van der Waals surface area contributed by atoms with Crippen LogP contribution < -0.4 is 10.1 Å². The van der Waals surface area contributed by atoms with Crippen LogP contribution in [0.3, 0.4) is 0 Å². The Morgan fingerprint density at radius 1 is 1.08 bits per heavy atom. The zero-order valence-corrected chi connectivity index (χ0v) is 21.9. The first kappa shape index (κ1) is 25.1. The van der Waals surface area contributed by atoms with Gasteiger partial charge in [-0.25, -0.2) is 4.39 Å². The van der Waals surface area contributed by atoms with Gasteiger partial charge in [-0.05, 0) is 87.6 Å². The SMILES string of the molecule is CC(C)NC(=O)Cn1c(-c2ccc(F)c(Cl)c2)cc2cc(OC3CCN(C4CCCC4)CC3)ccc21. The fraction of sp³-hybridized carbons (Fsp3) is 0.483. The van der Waals surface area contributed by atoms with Gasteiger partial charge in [0.1, 0.15) is 24.2 Å². The van der Waals surface area contributed by atoms with Crippen molar-refractivity contribution in [2.45, 2.75) is 77.1 Å². The molecule has 5 nitrogen and oxygen atoms in total. The van der Waals surface area contributed by atoms with Crippen LogP contribution in [-0.2, 0) is 11.3 Å². The minimum Gasteiger partial charge on any atom is -0.490 e. The Kier molecular flexibility index (Phi) is 7.54. The Labute approximate surface area is 217 Å². The number of fused-ring (bicyclic) bond motifs is 1. The van der Waals surface area contributed by atoms with Gasteiger partial charge in [-0.3, -0.25) is 4.79 Å². The highest BCUT2D eigenvalue weighted by Gasteiger charge is 2.28. The van der Waals surface area contributed by atoms with E-state index in [2.05, 4.69) is 10.2 Å². The van der Waals surface area contributed by atoms with Crippen LogP contribution in [0.4, 0.5) is 4.39 Å². The first-order valence-corrected chi connectivity index (χ1v) is 13.5. The summed E-state index contributed by atoms with van der Waals surface area (Å²) in [5.74, 6) is 0.302. The molecule has 2 aromatic carbocycles. The van der Waals surface area contributed by atoms with Crippen molar-refractivity contribution >= 4 is 28.4 Å². The second-order valence-corrected chi connectivity index (χ2v) is 10.9. The molecule has 2 heterocycles. The van der Waals surface area contributed by atoms with E-state index in [1.165, 1.54) is 31.7 Å². The quantitative estimate of drug-likeness (QED) is 0.398. The molecule has 7 heteroatoms. The first-order valence-electron chi connectivity index (χ1n) is 13.2. The highest BCUT2D eigenvalue weighted by Crippen LogP contribution is 2.34. The van der Waals surface area contributed by atoms with Crippen molar-refractivity contribution in [1.29, 1.82) is 0 Å². The van der Waals surface area contributed by atoms with Gasteiger partial charge in [-0.15, -0.1) is 0 Å². The fourth-order valence-corrected chi connectivity index (χ4v) is 5.90. The molecule has 1 aromatic heterocycles. The van der Waals surface area contributed by atoms with Crippen LogP contribution in [0.15, 0.2) is 42.5 Å². The number of amides is 1. The molecule has 1 aliphatic heterocycles. The van der Waals surface area contributed by atoms with Crippen LogP contribution in [0.5, 0.6) is 5.75 Å². The van der Waals surface area contributed by atoms with Gasteiger partial charge in [0, 0.05) is 41.8 Å². The number of hydrogen-bond donors (Lipinski definition) is 1. The molecule has 3 aromatic rings. The Bertz CT molecular complexity index is 1230. The zero-order chi connectivity index (χ0) is 25.2. The third-order valence-electron chi connectivity index (χ3n) is 7.46. The van der Waals surface area contributed by atoms with E-state index in [0.717, 1.165) is 59.9 Å². The number of rotatable bonds is 7. The number of ether oxygens (including phenoxy) is 1. The van der Waals surface area contributed by atoms with Crippen LogP contribution in [0.1, 0.15) is 52.4 Å². The van der Waals surface area contributed by atoms with E-state index in [-0.39, 0.29) is 29.6 Å². The van der Waals surface area contributed by atoms with Crippen molar-refractivity contribution in [3.8, 4) is 17.0 Å². The summed E-state index contributed by atoms with van der Waals surface area (Å²) in [5, 5.41) is 3.99. The zero-order valence-electron chi connectivity index (χ0n) is 21.1. The van der Waals surface area contributed by atoms with Gasteiger partial charge in [0.2, 0.25) is 5.91 Å². The van der Waals surface area contributed by atoms with Crippen molar-refractivity contribution < 1.29 is 13.9 Å². The Morgan fingerprint density at radius 2 is 1.83 bits per heavy atom. The summed E-state index contributed by atoms with van der Waals surface area (Å²) in [7, 11) is 0. The summed E-state index contributed by atoms with van der Waals surface area (Å²) in [6.45, 7) is 6.25. The average molecular weight is 512 g/mol. The fourth-order valence-electron chi connectivity index (χ4n) is 5.72. The standard InChI is InChI=1S/C29H35ClFN3O2/c1-19(2)32-29(35)18-34-27-10-8-24(36-23-11-13-33(14-12-23)22-5-3-4-6-22)15-21(27)17-28(34)20-7-9-26(31)25(30)16-20/h7-10,15-17,19,22-23H,3-6,11-14,18H2,1-2H3,(H,32,35). The van der Waals surface area contributed by atoms with E-state index < -0.39 is 5.82 Å². The predicted molar refractivity (Wildman–Crippen MR) is 143 cm³/mol. The third-order valence-corrected chi connectivity index (χ3v) is 7.75. The van der Waals surface area contributed by atoms with E-state index >= 15 is 0 Å². The maximum atomic E-state index is 13.8. The maximum absolute atomic E-state index is 13.8. The normalized spacial score (nSPS) is 17.8. The van der Waals surface area contributed by atoms with E-state index in [0.29, 0.717) is 0 Å². The molecule has 2 aliphatic rings. The molecule has 1 saturated carbocycles. The Balaban J connectivity index is 1.38. The molecule has 1 amide bonds. The molecule has 36 heavy (non-hydrogen) atoms. The van der Waals surface area contributed by atoms with Crippen LogP contribution in [0.25, 0.3) is 22.2 Å². The summed E-state index contributed by atoms with van der Waals surface area (Å²) < 4.78 is 22.2. The molecule has 2 fully saturated rings. The largest absolute Gasteiger partial charge is 0.490 e. The van der Waals surface area contributed by atoms with Crippen LogP contribution >= 0.6 is 11.6 Å². The predicted octanol–water partition coefficient (Wildman–Crippen LogP) is 6.41. The topological polar surface area (TPSA) is 46.5 Å². The number of hydrogen-bond acceptors (Lipinski definition) is 3. The average Bonchev–Trinajstić information content (AvgIpc) is 3.50. The summed E-state index contributed by atoms with van der Waals surface area (Å²) in [4.78, 5) is 15.3. The highest BCUT2D eigenvalue weighted by molar-refractivity contribution is 6.31. The number of halogens is 2. The summed E-state index contributed by atoms with van der Waals surface area (Å²) in [6.07, 6.45) is 7.73. The van der Waals surface area contributed by atoms with Gasteiger partial charge < -0.3 is 19.5 Å². The third kappa shape index (κ3) is 5.55. The molecule has 192 valence electrons. The minimum atomic E-state index is -0.463. The van der Waals surface area contributed by atoms with Crippen LogP contribution in [0.2, 0.25) is 5.02 Å². The molecule has 0 spiro atoms. The van der Waals surface area contributed by atoms with Gasteiger partial charge in [-0.1, -0.05) is 24.4 Å². The first-order chi connectivity index (χ1) is 17.4. The number of aromatic nitrogens is 1. The summed E-state index contributed by atoms with van der Waals surface area (Å²) in [6, 6.07) is 13.6. The minimum absolute atomic E-state index is 0.0446.